The predicted octanol–water partition coefficient (Wildman–Crippen LogP) is 1.66. The quantitative estimate of drug-likeness (QED) is 0.785. The first-order chi connectivity index (χ1) is 12.6. The molecule has 0 unspecified atom stereocenters. The molecule has 2 aromatic rings. The second-order valence-corrected chi connectivity index (χ2v) is 6.59. The van der Waals surface area contributed by atoms with Gasteiger partial charge in [0.1, 0.15) is 11.9 Å². The number of likely N-dealkylation sites (tertiary alicyclic amines) is 1. The molecule has 3 rings (SSSR count). The van der Waals surface area contributed by atoms with Gasteiger partial charge in [-0.05, 0) is 18.6 Å². The largest absolute Gasteiger partial charge is 0.490 e. The van der Waals surface area contributed by atoms with E-state index in [2.05, 4.69) is 20.2 Å². The van der Waals surface area contributed by atoms with Crippen molar-refractivity contribution in [3.05, 3.63) is 48.3 Å². The molecule has 0 spiro atoms. The summed E-state index contributed by atoms with van der Waals surface area (Å²) in [5.74, 6) is 1.21. The fourth-order valence-electron chi connectivity index (χ4n) is 3.34. The minimum absolute atomic E-state index is 0.0101. The number of carbonyl (C=O) groups excluding carboxylic acids is 1. The zero-order valence-electron chi connectivity index (χ0n) is 15.0. The second kappa shape index (κ2) is 8.62. The van der Waals surface area contributed by atoms with Crippen LogP contribution >= 0.6 is 0 Å². The highest BCUT2D eigenvalue weighted by Crippen LogP contribution is 2.26. The Morgan fingerprint density at radius 3 is 2.69 bits per heavy atom. The number of hydrogen-bond acceptors (Lipinski definition) is 6. The van der Waals surface area contributed by atoms with Crippen molar-refractivity contribution in [2.75, 3.05) is 25.5 Å². The summed E-state index contributed by atoms with van der Waals surface area (Å²) in [6.45, 7) is 2.39. The molecular weight excluding hydrogens is 330 g/mol. The fourth-order valence-corrected chi connectivity index (χ4v) is 3.34. The van der Waals surface area contributed by atoms with Crippen LogP contribution in [0.3, 0.4) is 0 Å². The molecule has 0 bridgehead atoms. The minimum atomic E-state index is -0.291. The van der Waals surface area contributed by atoms with Crippen molar-refractivity contribution in [2.45, 2.75) is 25.5 Å². The van der Waals surface area contributed by atoms with Crippen LogP contribution < -0.4 is 15.8 Å². The molecule has 1 saturated heterocycles. The summed E-state index contributed by atoms with van der Waals surface area (Å²) in [5, 5.41) is 2.91. The lowest BCUT2D eigenvalue weighted by Gasteiger charge is -2.38. The lowest BCUT2D eigenvalue weighted by atomic mass is 9.91. The van der Waals surface area contributed by atoms with Gasteiger partial charge in [-0.1, -0.05) is 18.2 Å². The molecule has 0 aliphatic carbocycles. The number of hydrogen-bond donors (Lipinski definition) is 2. The predicted molar refractivity (Wildman–Crippen MR) is 99.6 cm³/mol. The Balaban J connectivity index is 1.63. The monoisotopic (exact) mass is 355 g/mol. The topological polar surface area (TPSA) is 93.4 Å². The first kappa shape index (κ1) is 18.1. The van der Waals surface area contributed by atoms with Crippen molar-refractivity contribution in [3.8, 4) is 5.75 Å². The Labute approximate surface area is 153 Å². The maximum absolute atomic E-state index is 11.5. The lowest BCUT2D eigenvalue weighted by molar-refractivity contribution is -0.120. The number of anilines is 1. The third kappa shape index (κ3) is 4.92. The van der Waals surface area contributed by atoms with Crippen molar-refractivity contribution < 1.29 is 9.53 Å². The number of aromatic nitrogens is 2. The zero-order valence-corrected chi connectivity index (χ0v) is 15.0. The lowest BCUT2D eigenvalue weighted by Crippen LogP contribution is -2.46. The standard InChI is InChI=1S/C19H25N5O2/c1-21-19-22-10-14(11-23-19)12-24-8-7-17(15(13-24)9-18(20)25)26-16-5-3-2-4-6-16/h2-6,10-11,15,17H,7-9,12-13H2,1H3,(H2,20,25)(H,21,22,23)/t15-,17-/m1/s1. The molecule has 1 aliphatic rings. The number of nitrogens with zero attached hydrogens (tertiary/aromatic N) is 3. The molecular formula is C19H25N5O2. The second-order valence-electron chi connectivity index (χ2n) is 6.59. The van der Waals surface area contributed by atoms with E-state index >= 15 is 0 Å². The first-order valence-electron chi connectivity index (χ1n) is 8.85. The van der Waals surface area contributed by atoms with Gasteiger partial charge < -0.3 is 15.8 Å². The minimum Gasteiger partial charge on any atom is -0.490 e. The summed E-state index contributed by atoms with van der Waals surface area (Å²) in [4.78, 5) is 22.3. The summed E-state index contributed by atoms with van der Waals surface area (Å²) in [5.41, 5.74) is 6.51. The molecule has 1 aliphatic heterocycles. The highest BCUT2D eigenvalue weighted by Gasteiger charge is 2.32. The number of benzene rings is 1. The van der Waals surface area contributed by atoms with Crippen LogP contribution in [0.2, 0.25) is 0 Å². The van der Waals surface area contributed by atoms with Gasteiger partial charge >= 0.3 is 0 Å². The van der Waals surface area contributed by atoms with Gasteiger partial charge in [0, 0.05) is 57.0 Å². The average molecular weight is 355 g/mol. The van der Waals surface area contributed by atoms with E-state index in [0.717, 1.165) is 37.4 Å². The summed E-state index contributed by atoms with van der Waals surface area (Å²) < 4.78 is 6.13. The van der Waals surface area contributed by atoms with Gasteiger partial charge in [-0.15, -0.1) is 0 Å². The maximum atomic E-state index is 11.5. The van der Waals surface area contributed by atoms with Gasteiger partial charge in [0.2, 0.25) is 11.9 Å². The molecule has 0 radical (unpaired) electrons. The molecule has 1 aromatic carbocycles. The molecule has 26 heavy (non-hydrogen) atoms. The maximum Gasteiger partial charge on any atom is 0.222 e. The van der Waals surface area contributed by atoms with E-state index in [1.54, 1.807) is 7.05 Å². The van der Waals surface area contributed by atoms with E-state index in [1.807, 2.05) is 42.7 Å². The number of piperidine rings is 1. The molecule has 1 aromatic heterocycles. The molecule has 1 amide bonds. The van der Waals surface area contributed by atoms with Gasteiger partial charge in [-0.25, -0.2) is 9.97 Å². The number of primary amides is 1. The summed E-state index contributed by atoms with van der Waals surface area (Å²) >= 11 is 0. The molecule has 7 nitrogen and oxygen atoms in total. The number of nitrogens with two attached hydrogens (primary N) is 1. The molecule has 2 heterocycles. The van der Waals surface area contributed by atoms with E-state index in [0.29, 0.717) is 12.4 Å². The van der Waals surface area contributed by atoms with Gasteiger partial charge in [-0.2, -0.15) is 0 Å². The Morgan fingerprint density at radius 1 is 1.31 bits per heavy atom. The van der Waals surface area contributed by atoms with Crippen molar-refractivity contribution >= 4 is 11.9 Å². The fraction of sp³-hybridized carbons (Fsp3) is 0.421. The molecule has 0 saturated carbocycles. The van der Waals surface area contributed by atoms with E-state index in [-0.39, 0.29) is 17.9 Å². The van der Waals surface area contributed by atoms with Gasteiger partial charge in [0.15, 0.2) is 0 Å². The number of rotatable bonds is 7. The van der Waals surface area contributed by atoms with Crippen molar-refractivity contribution in [1.82, 2.24) is 14.9 Å². The third-order valence-electron chi connectivity index (χ3n) is 4.58. The van der Waals surface area contributed by atoms with Crippen molar-refractivity contribution in [2.24, 2.45) is 11.7 Å². The number of para-hydroxylation sites is 1. The van der Waals surface area contributed by atoms with E-state index < -0.39 is 0 Å². The zero-order chi connectivity index (χ0) is 18.4. The van der Waals surface area contributed by atoms with Crippen LogP contribution in [-0.2, 0) is 11.3 Å². The highest BCUT2D eigenvalue weighted by atomic mass is 16.5. The van der Waals surface area contributed by atoms with Crippen LogP contribution in [0, 0.1) is 5.92 Å². The third-order valence-corrected chi connectivity index (χ3v) is 4.58. The molecule has 3 N–H and O–H groups in total. The van der Waals surface area contributed by atoms with Crippen LogP contribution in [0.5, 0.6) is 5.75 Å². The molecule has 138 valence electrons. The average Bonchev–Trinajstić information content (AvgIpc) is 2.65. The molecule has 2 atom stereocenters. The van der Waals surface area contributed by atoms with E-state index in [9.17, 15) is 4.79 Å². The van der Waals surface area contributed by atoms with Crippen LogP contribution in [0.1, 0.15) is 18.4 Å². The smallest absolute Gasteiger partial charge is 0.222 e. The first-order valence-corrected chi connectivity index (χ1v) is 8.85. The van der Waals surface area contributed by atoms with Gasteiger partial charge in [-0.3, -0.25) is 9.69 Å². The number of nitrogens with one attached hydrogen (secondary N) is 1. The molecule has 7 heteroatoms. The number of ether oxygens (including phenoxy) is 1. The Morgan fingerprint density at radius 2 is 2.04 bits per heavy atom. The van der Waals surface area contributed by atoms with Crippen LogP contribution in [-0.4, -0.2) is 47.0 Å². The van der Waals surface area contributed by atoms with Gasteiger partial charge in [0.05, 0.1) is 0 Å². The van der Waals surface area contributed by atoms with Crippen molar-refractivity contribution in [3.63, 3.8) is 0 Å². The van der Waals surface area contributed by atoms with Gasteiger partial charge in [0.25, 0.3) is 0 Å². The SMILES string of the molecule is CNc1ncc(CN2CC[C@@H](Oc3ccccc3)[C@H](CC(N)=O)C2)cn1. The summed E-state index contributed by atoms with van der Waals surface area (Å²) in [7, 11) is 1.79. The normalized spacial score (nSPS) is 20.5. The van der Waals surface area contributed by atoms with Crippen LogP contribution in [0.25, 0.3) is 0 Å². The highest BCUT2D eigenvalue weighted by molar-refractivity contribution is 5.74. The van der Waals surface area contributed by atoms with Crippen LogP contribution in [0.4, 0.5) is 5.95 Å². The Hall–Kier alpha value is -2.67. The molecule has 1 fully saturated rings. The summed E-state index contributed by atoms with van der Waals surface area (Å²) in [6, 6.07) is 9.73. The number of carbonyl (C=O) groups is 1. The van der Waals surface area contributed by atoms with E-state index in [4.69, 9.17) is 10.5 Å². The summed E-state index contributed by atoms with van der Waals surface area (Å²) in [6.07, 6.45) is 4.82. The Bertz CT molecular complexity index is 708. The van der Waals surface area contributed by atoms with Crippen molar-refractivity contribution in [1.29, 1.82) is 0 Å². The van der Waals surface area contributed by atoms with E-state index in [1.165, 1.54) is 0 Å². The number of amides is 1. The Kier molecular flexibility index (Phi) is 6.01. The van der Waals surface area contributed by atoms with Crippen LogP contribution in [0.15, 0.2) is 42.7 Å².